The zero-order chi connectivity index (χ0) is 28.1. The van der Waals surface area contributed by atoms with E-state index >= 15 is 0 Å². The van der Waals surface area contributed by atoms with Gasteiger partial charge < -0.3 is 15.2 Å². The van der Waals surface area contributed by atoms with Gasteiger partial charge in [0.1, 0.15) is 0 Å². The molecule has 0 bridgehead atoms. The topological polar surface area (TPSA) is 72.6 Å². The predicted octanol–water partition coefficient (Wildman–Crippen LogP) is 7.39. The molecule has 39 heavy (non-hydrogen) atoms. The van der Waals surface area contributed by atoms with Crippen molar-refractivity contribution in [1.29, 1.82) is 0 Å². The first kappa shape index (κ1) is 27.8. The average Bonchev–Trinajstić information content (AvgIpc) is 3.62. The number of nitrogens with zero attached hydrogens (tertiary/aromatic N) is 3. The maximum Gasteiger partial charge on any atom is 0.181 e. The van der Waals surface area contributed by atoms with Gasteiger partial charge in [-0.1, -0.05) is 38.0 Å². The van der Waals surface area contributed by atoms with Crippen LogP contribution < -0.4 is 5.32 Å². The number of H-pyrrole nitrogens is 2. The third kappa shape index (κ3) is 6.28. The quantitative estimate of drug-likeness (QED) is 0.175. The lowest BCUT2D eigenvalue weighted by Gasteiger charge is -2.15. The maximum atomic E-state index is 4.65. The molecule has 0 unspecified atom stereocenters. The predicted molar refractivity (Wildman–Crippen MR) is 168 cm³/mol. The van der Waals surface area contributed by atoms with E-state index in [-0.39, 0.29) is 0 Å². The van der Waals surface area contributed by atoms with Crippen LogP contribution in [0.25, 0.3) is 33.6 Å². The van der Waals surface area contributed by atoms with Crippen molar-refractivity contribution in [3.8, 4) is 11.4 Å². The lowest BCUT2D eigenvalue weighted by atomic mass is 10.0. The van der Waals surface area contributed by atoms with Gasteiger partial charge in [0.25, 0.3) is 0 Å². The van der Waals surface area contributed by atoms with E-state index in [4.69, 9.17) is 0 Å². The minimum absolute atomic E-state index is 0.666. The number of pyridine rings is 1. The van der Waals surface area contributed by atoms with E-state index in [1.165, 1.54) is 9.75 Å². The van der Waals surface area contributed by atoms with Crippen LogP contribution in [0.1, 0.15) is 33.5 Å². The Morgan fingerprint density at radius 1 is 1.18 bits per heavy atom. The number of likely N-dealkylation sites (N-methyl/N-ethyl adjacent to an activating group) is 1. The zero-order valence-electron chi connectivity index (χ0n) is 23.4. The van der Waals surface area contributed by atoms with Gasteiger partial charge in [0.05, 0.1) is 11.4 Å². The number of rotatable bonds is 11. The summed E-state index contributed by atoms with van der Waals surface area (Å²) in [6.07, 6.45) is 11.7. The number of allylic oxidation sites excluding steroid dienone is 6. The molecule has 0 aromatic carbocycles. The number of nitrogens with one attached hydrogen (secondary N) is 3. The second-order valence-corrected chi connectivity index (χ2v) is 10.9. The molecule has 0 aliphatic heterocycles. The molecule has 4 aromatic rings. The fourth-order valence-corrected chi connectivity index (χ4v) is 5.42. The highest BCUT2D eigenvalue weighted by Gasteiger charge is 2.17. The number of aromatic amines is 2. The van der Waals surface area contributed by atoms with Gasteiger partial charge >= 0.3 is 0 Å². The molecule has 0 aliphatic rings. The van der Waals surface area contributed by atoms with Crippen LogP contribution in [0.3, 0.4) is 0 Å². The second kappa shape index (κ2) is 12.1. The summed E-state index contributed by atoms with van der Waals surface area (Å²) in [6, 6.07) is 8.61. The van der Waals surface area contributed by atoms with Crippen LogP contribution in [0.4, 0.5) is 0 Å². The van der Waals surface area contributed by atoms with E-state index in [0.717, 1.165) is 62.7 Å². The summed E-state index contributed by atoms with van der Waals surface area (Å²) in [5.41, 5.74) is 9.65. The third-order valence-electron chi connectivity index (χ3n) is 6.28. The summed E-state index contributed by atoms with van der Waals surface area (Å²) in [4.78, 5) is 12.8. The third-order valence-corrected chi connectivity index (χ3v) is 7.31. The number of thiophene rings is 1. The smallest absolute Gasteiger partial charge is 0.181 e. The number of aromatic nitrogens is 4. The van der Waals surface area contributed by atoms with E-state index in [1.54, 1.807) is 17.4 Å². The Morgan fingerprint density at radius 2 is 1.97 bits per heavy atom. The van der Waals surface area contributed by atoms with Gasteiger partial charge in [-0.2, -0.15) is 5.10 Å². The summed E-state index contributed by atoms with van der Waals surface area (Å²) >= 11 is 1.78. The number of fused-ring (bicyclic) bond motifs is 1. The molecule has 0 spiro atoms. The van der Waals surface area contributed by atoms with Crippen molar-refractivity contribution in [2.75, 3.05) is 20.6 Å². The van der Waals surface area contributed by atoms with E-state index in [2.05, 4.69) is 106 Å². The van der Waals surface area contributed by atoms with Gasteiger partial charge in [0, 0.05) is 61.7 Å². The van der Waals surface area contributed by atoms with Crippen molar-refractivity contribution >= 4 is 33.5 Å². The number of aryl methyl sites for hydroxylation is 2. The van der Waals surface area contributed by atoms with E-state index in [9.17, 15) is 0 Å². The van der Waals surface area contributed by atoms with Crippen LogP contribution in [-0.4, -0.2) is 45.7 Å². The Kier molecular flexibility index (Phi) is 8.64. The molecule has 0 fully saturated rings. The van der Waals surface area contributed by atoms with Crippen LogP contribution in [0.15, 0.2) is 92.0 Å². The molecule has 0 amide bonds. The molecule has 7 heteroatoms. The maximum absolute atomic E-state index is 4.65. The van der Waals surface area contributed by atoms with Gasteiger partial charge in [-0.15, -0.1) is 11.3 Å². The number of hydrogen-bond donors (Lipinski definition) is 3. The van der Waals surface area contributed by atoms with Crippen LogP contribution >= 0.6 is 11.3 Å². The van der Waals surface area contributed by atoms with Crippen molar-refractivity contribution < 1.29 is 0 Å². The Balaban J connectivity index is 1.71. The van der Waals surface area contributed by atoms with Crippen LogP contribution in [-0.2, 0) is 0 Å². The molecular formula is C32H36N6S. The largest absolute Gasteiger partial charge is 0.358 e. The van der Waals surface area contributed by atoms with E-state index < -0.39 is 0 Å². The van der Waals surface area contributed by atoms with Crippen molar-refractivity contribution in [2.45, 2.75) is 20.8 Å². The van der Waals surface area contributed by atoms with Crippen molar-refractivity contribution in [3.05, 3.63) is 119 Å². The van der Waals surface area contributed by atoms with Crippen LogP contribution in [0.5, 0.6) is 0 Å². The number of hydrogen-bond acceptors (Lipinski definition) is 5. The zero-order valence-corrected chi connectivity index (χ0v) is 24.2. The van der Waals surface area contributed by atoms with E-state index in [1.807, 2.05) is 33.3 Å². The average molecular weight is 537 g/mol. The molecule has 0 radical (unpaired) electrons. The van der Waals surface area contributed by atoms with Crippen molar-refractivity contribution in [3.63, 3.8) is 0 Å². The highest BCUT2D eigenvalue weighted by Crippen LogP contribution is 2.35. The molecule has 200 valence electrons. The fourth-order valence-electron chi connectivity index (χ4n) is 4.51. The standard InChI is InChI=1S/C32H36N6S/c1-9-12-26(30-14-13-21(5)39-30)27-17-29(35-22(27)6)31-28-16-24(18-33-32(28)37-36-31)23(10-2)15-25(11-3)34-20(4)19-38(7)8/h9-18,34-35H,1,3-4,19H2,2,5-8H3,(H,33,36,37)/b23-10+,25-15+,26-12+. The molecule has 0 aliphatic carbocycles. The van der Waals surface area contributed by atoms with Gasteiger partial charge in [0.2, 0.25) is 0 Å². The van der Waals surface area contributed by atoms with Crippen molar-refractivity contribution in [1.82, 2.24) is 30.4 Å². The SMILES string of the molecule is C=C/C=C(/c1ccc(C)s1)c1cc(-c2[nH]nc3ncc(C(/C=C(\C=C)NC(=C)CN(C)C)=C/C)cc23)[nH]c1C. The lowest BCUT2D eigenvalue weighted by molar-refractivity contribution is 0.438. The molecule has 0 saturated heterocycles. The molecule has 4 rings (SSSR count). The molecule has 4 aromatic heterocycles. The summed E-state index contributed by atoms with van der Waals surface area (Å²) in [6.45, 7) is 19.0. The Hall–Kier alpha value is -4.20. The minimum Gasteiger partial charge on any atom is -0.358 e. The summed E-state index contributed by atoms with van der Waals surface area (Å²) < 4.78 is 0. The minimum atomic E-state index is 0.666. The van der Waals surface area contributed by atoms with Gasteiger partial charge in [-0.25, -0.2) is 4.98 Å². The molecule has 0 atom stereocenters. The second-order valence-electron chi connectivity index (χ2n) is 9.66. The molecule has 6 nitrogen and oxygen atoms in total. The highest BCUT2D eigenvalue weighted by molar-refractivity contribution is 7.13. The normalized spacial score (nSPS) is 12.8. The van der Waals surface area contributed by atoms with Crippen molar-refractivity contribution in [2.24, 2.45) is 0 Å². The Morgan fingerprint density at radius 3 is 2.62 bits per heavy atom. The van der Waals surface area contributed by atoms with E-state index in [0.29, 0.717) is 5.65 Å². The monoisotopic (exact) mass is 536 g/mol. The summed E-state index contributed by atoms with van der Waals surface area (Å²) in [5, 5.41) is 12.0. The van der Waals surface area contributed by atoms with Gasteiger partial charge in [-0.05, 0) is 76.9 Å². The van der Waals surface area contributed by atoms with Crippen LogP contribution in [0, 0.1) is 13.8 Å². The van der Waals surface area contributed by atoms with Gasteiger partial charge in [0.15, 0.2) is 5.65 Å². The first-order valence-electron chi connectivity index (χ1n) is 12.8. The Labute approximate surface area is 234 Å². The Bertz CT molecular complexity index is 1620. The molecular weight excluding hydrogens is 500 g/mol. The molecule has 4 heterocycles. The van der Waals surface area contributed by atoms with Gasteiger partial charge in [-0.3, -0.25) is 5.10 Å². The lowest BCUT2D eigenvalue weighted by Crippen LogP contribution is -2.23. The first-order valence-corrected chi connectivity index (χ1v) is 13.6. The molecule has 0 saturated carbocycles. The summed E-state index contributed by atoms with van der Waals surface area (Å²) in [5.74, 6) is 0. The first-order chi connectivity index (χ1) is 18.7. The highest BCUT2D eigenvalue weighted by atomic mass is 32.1. The summed E-state index contributed by atoms with van der Waals surface area (Å²) in [7, 11) is 4.03. The van der Waals surface area contributed by atoms with Crippen LogP contribution in [0.2, 0.25) is 0 Å². The fraction of sp³-hybridized carbons (Fsp3) is 0.188. The molecule has 3 N–H and O–H groups in total.